The minimum Gasteiger partial charge on any atom is -0.443 e. The van der Waals surface area contributed by atoms with Crippen molar-refractivity contribution in [1.29, 1.82) is 0 Å². The van der Waals surface area contributed by atoms with Crippen molar-refractivity contribution >= 4 is 17.5 Å². The first kappa shape index (κ1) is 14.2. The summed E-state index contributed by atoms with van der Waals surface area (Å²) in [6, 6.07) is 6.54. The number of benzene rings is 1. The second kappa shape index (κ2) is 5.22. The highest BCUT2D eigenvalue weighted by Gasteiger charge is 2.29. The normalized spacial score (nSPS) is 18.1. The number of hydrogen-bond acceptors (Lipinski definition) is 4. The summed E-state index contributed by atoms with van der Waals surface area (Å²) in [5.74, 6) is 0. The lowest BCUT2D eigenvalue weighted by molar-refractivity contribution is 0.0211. The zero-order valence-electron chi connectivity index (χ0n) is 12.8. The van der Waals surface area contributed by atoms with E-state index in [4.69, 9.17) is 9.47 Å². The van der Waals surface area contributed by atoms with Crippen LogP contribution in [0.2, 0.25) is 0 Å². The summed E-state index contributed by atoms with van der Waals surface area (Å²) >= 11 is 0. The summed E-state index contributed by atoms with van der Waals surface area (Å²) in [6.45, 7) is 7.86. The number of carbonyl (C=O) groups is 1. The van der Waals surface area contributed by atoms with Gasteiger partial charge in [-0.2, -0.15) is 0 Å². The standard InChI is InChI=1S/C16H22N2O3/c1-16(2,3)21-15(19)18-7-6-11-8-12(4-5-14(11)18)17-13-9-20-10-13/h4-5,8,13,17H,6-7,9-10H2,1-3H3. The molecule has 5 nitrogen and oxygen atoms in total. The lowest BCUT2D eigenvalue weighted by Gasteiger charge is -2.28. The molecule has 0 unspecified atom stereocenters. The van der Waals surface area contributed by atoms with Crippen LogP contribution in [-0.4, -0.2) is 37.5 Å². The minimum atomic E-state index is -0.467. The molecule has 2 aliphatic heterocycles. The number of fused-ring (bicyclic) bond motifs is 1. The van der Waals surface area contributed by atoms with Crippen LogP contribution in [0, 0.1) is 0 Å². The van der Waals surface area contributed by atoms with E-state index in [0.29, 0.717) is 12.6 Å². The molecule has 1 aromatic rings. The average Bonchev–Trinajstić information content (AvgIpc) is 2.74. The van der Waals surface area contributed by atoms with Crippen molar-refractivity contribution in [3.63, 3.8) is 0 Å². The lowest BCUT2D eigenvalue weighted by atomic mass is 10.1. The summed E-state index contributed by atoms with van der Waals surface area (Å²) in [4.78, 5) is 13.9. The molecular formula is C16H22N2O3. The van der Waals surface area contributed by atoms with Gasteiger partial charge in [-0.05, 0) is 51.0 Å². The lowest BCUT2D eigenvalue weighted by Crippen LogP contribution is -2.40. The van der Waals surface area contributed by atoms with Gasteiger partial charge in [0.25, 0.3) is 0 Å². The van der Waals surface area contributed by atoms with Crippen LogP contribution >= 0.6 is 0 Å². The first-order valence-corrected chi connectivity index (χ1v) is 7.40. The number of nitrogens with one attached hydrogen (secondary N) is 1. The summed E-state index contributed by atoms with van der Waals surface area (Å²) in [5.41, 5.74) is 2.77. The smallest absolute Gasteiger partial charge is 0.414 e. The van der Waals surface area contributed by atoms with Crippen molar-refractivity contribution in [1.82, 2.24) is 0 Å². The van der Waals surface area contributed by atoms with E-state index in [-0.39, 0.29) is 6.09 Å². The van der Waals surface area contributed by atoms with Gasteiger partial charge in [0.05, 0.1) is 24.9 Å². The third kappa shape index (κ3) is 3.13. The molecule has 0 bridgehead atoms. The fraction of sp³-hybridized carbons (Fsp3) is 0.562. The average molecular weight is 290 g/mol. The van der Waals surface area contributed by atoms with Crippen LogP contribution in [0.3, 0.4) is 0 Å². The van der Waals surface area contributed by atoms with E-state index in [1.54, 1.807) is 4.90 Å². The molecule has 3 rings (SSSR count). The number of amides is 1. The molecule has 0 saturated carbocycles. The van der Waals surface area contributed by atoms with Gasteiger partial charge in [0.1, 0.15) is 5.60 Å². The highest BCUT2D eigenvalue weighted by molar-refractivity contribution is 5.91. The van der Waals surface area contributed by atoms with Crippen LogP contribution in [-0.2, 0) is 15.9 Å². The summed E-state index contributed by atoms with van der Waals surface area (Å²) in [6.07, 6.45) is 0.597. The molecule has 2 heterocycles. The van der Waals surface area contributed by atoms with Crippen LogP contribution in [0.25, 0.3) is 0 Å². The van der Waals surface area contributed by atoms with Gasteiger partial charge in [0.15, 0.2) is 0 Å². The van der Waals surface area contributed by atoms with Gasteiger partial charge >= 0.3 is 6.09 Å². The van der Waals surface area contributed by atoms with Gasteiger partial charge in [-0.1, -0.05) is 0 Å². The van der Waals surface area contributed by atoms with E-state index in [1.165, 1.54) is 5.56 Å². The fourth-order valence-corrected chi connectivity index (χ4v) is 2.55. The molecule has 21 heavy (non-hydrogen) atoms. The Balaban J connectivity index is 1.71. The Morgan fingerprint density at radius 2 is 2.14 bits per heavy atom. The molecule has 114 valence electrons. The number of carbonyl (C=O) groups excluding carboxylic acids is 1. The maximum absolute atomic E-state index is 12.2. The highest BCUT2D eigenvalue weighted by atomic mass is 16.6. The molecule has 5 heteroatoms. The summed E-state index contributed by atoms with van der Waals surface area (Å²) < 4.78 is 10.6. The van der Waals surface area contributed by atoms with Gasteiger partial charge in [-0.3, -0.25) is 4.90 Å². The Morgan fingerprint density at radius 3 is 2.76 bits per heavy atom. The molecule has 2 aliphatic rings. The number of nitrogens with zero attached hydrogens (tertiary/aromatic N) is 1. The first-order valence-electron chi connectivity index (χ1n) is 7.40. The van der Waals surface area contributed by atoms with Crippen molar-refractivity contribution in [3.05, 3.63) is 23.8 Å². The molecule has 1 amide bonds. The van der Waals surface area contributed by atoms with E-state index in [2.05, 4.69) is 11.4 Å². The third-order valence-corrected chi connectivity index (χ3v) is 3.60. The Labute approximate surface area is 125 Å². The van der Waals surface area contributed by atoms with Crippen LogP contribution < -0.4 is 10.2 Å². The largest absolute Gasteiger partial charge is 0.443 e. The Kier molecular flexibility index (Phi) is 3.53. The predicted octanol–water partition coefficient (Wildman–Crippen LogP) is 2.79. The van der Waals surface area contributed by atoms with Gasteiger partial charge in [-0.25, -0.2) is 4.79 Å². The monoisotopic (exact) mass is 290 g/mol. The molecule has 0 radical (unpaired) electrons. The van der Waals surface area contributed by atoms with Crippen LogP contribution in [0.1, 0.15) is 26.3 Å². The zero-order chi connectivity index (χ0) is 15.0. The maximum atomic E-state index is 12.2. The molecule has 0 aliphatic carbocycles. The van der Waals surface area contributed by atoms with E-state index < -0.39 is 5.60 Å². The van der Waals surface area contributed by atoms with Gasteiger partial charge < -0.3 is 14.8 Å². The van der Waals surface area contributed by atoms with Crippen molar-refractivity contribution < 1.29 is 14.3 Å². The van der Waals surface area contributed by atoms with Crippen LogP contribution in [0.5, 0.6) is 0 Å². The first-order chi connectivity index (χ1) is 9.92. The van der Waals surface area contributed by atoms with Crippen molar-refractivity contribution in [2.24, 2.45) is 0 Å². The van der Waals surface area contributed by atoms with Crippen LogP contribution in [0.15, 0.2) is 18.2 Å². The molecule has 0 aromatic heterocycles. The predicted molar refractivity (Wildman–Crippen MR) is 82.0 cm³/mol. The molecule has 1 N–H and O–H groups in total. The third-order valence-electron chi connectivity index (χ3n) is 3.60. The van der Waals surface area contributed by atoms with Gasteiger partial charge in [0.2, 0.25) is 0 Å². The van der Waals surface area contributed by atoms with Crippen molar-refractivity contribution in [3.8, 4) is 0 Å². The SMILES string of the molecule is CC(C)(C)OC(=O)N1CCc2cc(NC3COC3)ccc21. The van der Waals surface area contributed by atoms with E-state index in [9.17, 15) is 4.79 Å². The number of hydrogen-bond donors (Lipinski definition) is 1. The summed E-state index contributed by atoms with van der Waals surface area (Å²) in [5, 5.41) is 3.43. The van der Waals surface area contributed by atoms with E-state index >= 15 is 0 Å². The number of ether oxygens (including phenoxy) is 2. The van der Waals surface area contributed by atoms with E-state index in [1.807, 2.05) is 32.9 Å². The van der Waals surface area contributed by atoms with Crippen LogP contribution in [0.4, 0.5) is 16.2 Å². The Morgan fingerprint density at radius 1 is 1.38 bits per heavy atom. The van der Waals surface area contributed by atoms with Crippen molar-refractivity contribution in [2.45, 2.75) is 38.8 Å². The second-order valence-corrected chi connectivity index (χ2v) is 6.60. The zero-order valence-corrected chi connectivity index (χ0v) is 12.8. The fourth-order valence-electron chi connectivity index (χ4n) is 2.55. The number of anilines is 2. The quantitative estimate of drug-likeness (QED) is 0.910. The number of rotatable bonds is 2. The molecule has 1 fully saturated rings. The van der Waals surface area contributed by atoms with Gasteiger partial charge in [0, 0.05) is 12.2 Å². The minimum absolute atomic E-state index is 0.269. The Bertz CT molecular complexity index is 547. The maximum Gasteiger partial charge on any atom is 0.414 e. The van der Waals surface area contributed by atoms with E-state index in [0.717, 1.165) is 31.0 Å². The Hall–Kier alpha value is -1.75. The molecular weight excluding hydrogens is 268 g/mol. The molecule has 0 atom stereocenters. The van der Waals surface area contributed by atoms with Gasteiger partial charge in [-0.15, -0.1) is 0 Å². The summed E-state index contributed by atoms with van der Waals surface area (Å²) in [7, 11) is 0. The second-order valence-electron chi connectivity index (χ2n) is 6.60. The molecule has 1 aromatic carbocycles. The highest BCUT2D eigenvalue weighted by Crippen LogP contribution is 2.32. The molecule has 0 spiro atoms. The topological polar surface area (TPSA) is 50.8 Å². The molecule has 1 saturated heterocycles. The van der Waals surface area contributed by atoms with Crippen molar-refractivity contribution in [2.75, 3.05) is 30.0 Å².